The topological polar surface area (TPSA) is 81.9 Å². The molecular formula is C17H17FN2O5. The lowest BCUT2D eigenvalue weighted by atomic mass is 10.2. The molecule has 0 unspecified atom stereocenters. The third kappa shape index (κ3) is 4.90. The zero-order valence-electron chi connectivity index (χ0n) is 13.8. The first kappa shape index (κ1) is 18.2. The van der Waals surface area contributed by atoms with E-state index in [1.54, 1.807) is 19.2 Å². The summed E-state index contributed by atoms with van der Waals surface area (Å²) in [7, 11) is 2.95. The van der Waals surface area contributed by atoms with Gasteiger partial charge in [-0.1, -0.05) is 12.1 Å². The lowest BCUT2D eigenvalue weighted by Gasteiger charge is -2.18. The van der Waals surface area contributed by atoms with Crippen molar-refractivity contribution in [2.24, 2.45) is 0 Å². The Balaban J connectivity index is 2.01. The number of non-ortho nitro benzene ring substituents is 1. The fourth-order valence-corrected chi connectivity index (χ4v) is 2.14. The lowest BCUT2D eigenvalue weighted by molar-refractivity contribution is -0.385. The van der Waals surface area contributed by atoms with Crippen LogP contribution in [0.25, 0.3) is 0 Å². The van der Waals surface area contributed by atoms with Crippen molar-refractivity contribution in [1.29, 1.82) is 0 Å². The average molecular weight is 348 g/mol. The van der Waals surface area contributed by atoms with Gasteiger partial charge in [0.15, 0.2) is 18.1 Å². The maximum Gasteiger partial charge on any atom is 0.273 e. The molecule has 7 nitrogen and oxygen atoms in total. The van der Waals surface area contributed by atoms with Crippen LogP contribution in [0.1, 0.15) is 5.56 Å². The number of rotatable bonds is 7. The van der Waals surface area contributed by atoms with Gasteiger partial charge in [0.25, 0.3) is 11.6 Å². The number of benzene rings is 2. The third-order valence-electron chi connectivity index (χ3n) is 3.44. The predicted molar refractivity (Wildman–Crippen MR) is 88.0 cm³/mol. The van der Waals surface area contributed by atoms with Gasteiger partial charge in [0, 0.05) is 19.7 Å². The molecule has 0 heterocycles. The van der Waals surface area contributed by atoms with Gasteiger partial charge >= 0.3 is 0 Å². The first-order valence-electron chi connectivity index (χ1n) is 7.34. The summed E-state index contributed by atoms with van der Waals surface area (Å²) in [5.74, 6) is -0.357. The van der Waals surface area contributed by atoms with Crippen LogP contribution in [-0.4, -0.2) is 36.5 Å². The van der Waals surface area contributed by atoms with Crippen LogP contribution in [0.4, 0.5) is 10.1 Å². The highest BCUT2D eigenvalue weighted by atomic mass is 19.1. The number of likely N-dealkylation sites (N-methyl/N-ethyl adjacent to an activating group) is 1. The Kier molecular flexibility index (Phi) is 5.89. The van der Waals surface area contributed by atoms with E-state index >= 15 is 0 Å². The second-order valence-electron chi connectivity index (χ2n) is 5.26. The minimum Gasteiger partial charge on any atom is -0.493 e. The van der Waals surface area contributed by atoms with Crippen LogP contribution in [0, 0.1) is 15.9 Å². The van der Waals surface area contributed by atoms with Crippen LogP contribution in [-0.2, 0) is 11.3 Å². The number of ether oxygens (including phenoxy) is 2. The molecule has 1 amide bonds. The summed E-state index contributed by atoms with van der Waals surface area (Å²) in [6.45, 7) is -0.116. The Morgan fingerprint density at radius 3 is 2.64 bits per heavy atom. The maximum atomic E-state index is 13.2. The number of hydrogen-bond donors (Lipinski definition) is 0. The molecule has 2 aromatic rings. The van der Waals surface area contributed by atoms with Crippen LogP contribution in [0.2, 0.25) is 0 Å². The summed E-state index contributed by atoms with van der Waals surface area (Å²) in [6.07, 6.45) is 0. The van der Waals surface area contributed by atoms with Gasteiger partial charge in [-0.2, -0.15) is 0 Å². The van der Waals surface area contributed by atoms with Gasteiger partial charge in [-0.3, -0.25) is 14.9 Å². The van der Waals surface area contributed by atoms with Crippen LogP contribution in [0.5, 0.6) is 11.5 Å². The number of carbonyl (C=O) groups is 1. The van der Waals surface area contributed by atoms with E-state index in [-0.39, 0.29) is 42.1 Å². The second-order valence-corrected chi connectivity index (χ2v) is 5.26. The molecule has 0 saturated heterocycles. The number of nitro benzene ring substituents is 1. The van der Waals surface area contributed by atoms with Crippen molar-refractivity contribution in [3.63, 3.8) is 0 Å². The van der Waals surface area contributed by atoms with Crippen molar-refractivity contribution in [3.05, 3.63) is 64.0 Å². The Hall–Kier alpha value is -3.16. The molecule has 0 aliphatic rings. The predicted octanol–water partition coefficient (Wildman–Crippen LogP) is 2.78. The molecule has 0 radical (unpaired) electrons. The minimum atomic E-state index is -0.565. The number of hydrogen-bond acceptors (Lipinski definition) is 5. The second kappa shape index (κ2) is 8.09. The quantitative estimate of drug-likeness (QED) is 0.568. The highest BCUT2D eigenvalue weighted by Gasteiger charge is 2.16. The fourth-order valence-electron chi connectivity index (χ4n) is 2.14. The number of methoxy groups -OCH3 is 1. The minimum absolute atomic E-state index is 0.101. The SMILES string of the molecule is COc1ccc([N+](=O)[O-])cc1OCC(=O)N(C)Cc1cccc(F)c1. The molecule has 2 aromatic carbocycles. The van der Waals surface area contributed by atoms with Gasteiger partial charge < -0.3 is 14.4 Å². The fraction of sp³-hybridized carbons (Fsp3) is 0.235. The molecular weight excluding hydrogens is 331 g/mol. The van der Waals surface area contributed by atoms with E-state index in [1.165, 1.54) is 42.3 Å². The molecule has 2 rings (SSSR count). The Bertz CT molecular complexity index is 781. The smallest absolute Gasteiger partial charge is 0.273 e. The van der Waals surface area contributed by atoms with Gasteiger partial charge in [-0.05, 0) is 23.8 Å². The molecule has 8 heteroatoms. The maximum absolute atomic E-state index is 13.2. The molecule has 0 N–H and O–H groups in total. The number of carbonyl (C=O) groups excluding carboxylic acids is 1. The van der Waals surface area contributed by atoms with Crippen molar-refractivity contribution in [2.45, 2.75) is 6.54 Å². The standard InChI is InChI=1S/C17H17FN2O5/c1-19(10-12-4-3-5-13(18)8-12)17(21)11-25-16-9-14(20(22)23)6-7-15(16)24-2/h3-9H,10-11H2,1-2H3. The van der Waals surface area contributed by atoms with Crippen molar-refractivity contribution < 1.29 is 23.6 Å². The van der Waals surface area contributed by atoms with Crippen LogP contribution >= 0.6 is 0 Å². The van der Waals surface area contributed by atoms with Crippen LogP contribution in [0.15, 0.2) is 42.5 Å². The van der Waals surface area contributed by atoms with E-state index in [9.17, 15) is 19.3 Å². The first-order valence-corrected chi connectivity index (χ1v) is 7.34. The molecule has 25 heavy (non-hydrogen) atoms. The summed E-state index contributed by atoms with van der Waals surface area (Å²) in [6, 6.07) is 9.80. The van der Waals surface area contributed by atoms with Crippen LogP contribution in [0.3, 0.4) is 0 Å². The molecule has 0 aromatic heterocycles. The molecule has 0 aliphatic heterocycles. The number of amides is 1. The normalized spacial score (nSPS) is 10.2. The van der Waals surface area contributed by atoms with Gasteiger partial charge in [-0.15, -0.1) is 0 Å². The van der Waals surface area contributed by atoms with Gasteiger partial charge in [0.05, 0.1) is 18.1 Å². The van der Waals surface area contributed by atoms with E-state index in [4.69, 9.17) is 9.47 Å². The number of halogens is 1. The van der Waals surface area contributed by atoms with Crippen molar-refractivity contribution in [2.75, 3.05) is 20.8 Å². The van der Waals surface area contributed by atoms with E-state index in [1.807, 2.05) is 0 Å². The number of nitro groups is 1. The summed E-state index contributed by atoms with van der Waals surface area (Å²) < 4.78 is 23.6. The van der Waals surface area contributed by atoms with Crippen molar-refractivity contribution in [1.82, 2.24) is 4.90 Å². The molecule has 0 aliphatic carbocycles. The summed E-state index contributed by atoms with van der Waals surface area (Å²) in [4.78, 5) is 23.8. The first-order chi connectivity index (χ1) is 11.9. The lowest BCUT2D eigenvalue weighted by Crippen LogP contribution is -2.31. The van der Waals surface area contributed by atoms with Crippen molar-refractivity contribution in [3.8, 4) is 11.5 Å². The molecule has 0 bridgehead atoms. The highest BCUT2D eigenvalue weighted by molar-refractivity contribution is 5.77. The molecule has 0 fully saturated rings. The monoisotopic (exact) mass is 348 g/mol. The average Bonchev–Trinajstić information content (AvgIpc) is 2.59. The summed E-state index contributed by atoms with van der Waals surface area (Å²) in [5, 5.41) is 10.8. The molecule has 0 saturated carbocycles. The zero-order chi connectivity index (χ0) is 18.4. The van der Waals surface area contributed by atoms with Crippen LogP contribution < -0.4 is 9.47 Å². The highest BCUT2D eigenvalue weighted by Crippen LogP contribution is 2.31. The van der Waals surface area contributed by atoms with E-state index in [0.29, 0.717) is 5.56 Å². The molecule has 132 valence electrons. The largest absolute Gasteiger partial charge is 0.493 e. The molecule has 0 atom stereocenters. The van der Waals surface area contributed by atoms with Gasteiger partial charge in [0.2, 0.25) is 0 Å². The molecule has 0 spiro atoms. The van der Waals surface area contributed by atoms with E-state index in [2.05, 4.69) is 0 Å². The van der Waals surface area contributed by atoms with Gasteiger partial charge in [0.1, 0.15) is 5.82 Å². The zero-order valence-corrected chi connectivity index (χ0v) is 13.8. The van der Waals surface area contributed by atoms with Gasteiger partial charge in [-0.25, -0.2) is 4.39 Å². The summed E-state index contributed by atoms with van der Waals surface area (Å²) >= 11 is 0. The van der Waals surface area contributed by atoms with Crippen molar-refractivity contribution >= 4 is 11.6 Å². The third-order valence-corrected chi connectivity index (χ3v) is 3.44. The Morgan fingerprint density at radius 2 is 2.00 bits per heavy atom. The van der Waals surface area contributed by atoms with E-state index in [0.717, 1.165) is 0 Å². The number of nitrogens with zero attached hydrogens (tertiary/aromatic N) is 2. The van der Waals surface area contributed by atoms with E-state index < -0.39 is 4.92 Å². The Morgan fingerprint density at radius 1 is 1.24 bits per heavy atom. The summed E-state index contributed by atoms with van der Waals surface area (Å²) in [5.41, 5.74) is 0.472. The Labute approximate surface area is 143 Å².